The zero-order valence-corrected chi connectivity index (χ0v) is 13.0. The van der Waals surface area contributed by atoms with Crippen LogP contribution in [0.25, 0.3) is 0 Å². The van der Waals surface area contributed by atoms with Crippen LogP contribution in [-0.2, 0) is 4.74 Å². The van der Waals surface area contributed by atoms with Crippen LogP contribution in [-0.4, -0.2) is 50.3 Å². The zero-order chi connectivity index (χ0) is 12.4. The van der Waals surface area contributed by atoms with Crippen molar-refractivity contribution in [2.75, 3.05) is 39.3 Å². The first kappa shape index (κ1) is 15.6. The Hall–Kier alpha value is 0.170. The average molecular weight is 289 g/mol. The molecule has 3 rings (SSSR count). The molecule has 0 spiro atoms. The largest absolute Gasteiger partial charge is 0.378 e. The van der Waals surface area contributed by atoms with Gasteiger partial charge in [-0.15, -0.1) is 12.4 Å². The topological polar surface area (TPSA) is 24.5 Å². The van der Waals surface area contributed by atoms with E-state index in [1.807, 2.05) is 0 Å². The summed E-state index contributed by atoms with van der Waals surface area (Å²) >= 11 is 0. The van der Waals surface area contributed by atoms with Crippen LogP contribution in [0.5, 0.6) is 0 Å². The van der Waals surface area contributed by atoms with E-state index < -0.39 is 0 Å². The summed E-state index contributed by atoms with van der Waals surface area (Å²) in [7, 11) is 0. The molecule has 0 radical (unpaired) electrons. The lowest BCUT2D eigenvalue weighted by Crippen LogP contribution is -2.43. The van der Waals surface area contributed by atoms with Crippen LogP contribution >= 0.6 is 12.4 Å². The SMILES string of the molecule is CC1(CN2CCC(OCC3CC3)CC2)CCNC1.Cl. The Bertz CT molecular complexity index is 269. The number of piperidine rings is 1. The maximum atomic E-state index is 6.01. The molecule has 1 saturated carbocycles. The fourth-order valence-electron chi connectivity index (χ4n) is 3.33. The molecule has 0 bridgehead atoms. The number of halogens is 1. The van der Waals surface area contributed by atoms with Crippen LogP contribution in [0.3, 0.4) is 0 Å². The third-order valence-electron chi connectivity index (χ3n) is 4.86. The highest BCUT2D eigenvalue weighted by Gasteiger charge is 2.32. The monoisotopic (exact) mass is 288 g/mol. The number of nitrogens with one attached hydrogen (secondary N) is 1. The van der Waals surface area contributed by atoms with Crippen molar-refractivity contribution >= 4 is 12.4 Å². The maximum absolute atomic E-state index is 6.01. The summed E-state index contributed by atoms with van der Waals surface area (Å²) < 4.78 is 6.01. The van der Waals surface area contributed by atoms with E-state index in [0.29, 0.717) is 11.5 Å². The molecule has 0 aromatic rings. The van der Waals surface area contributed by atoms with Gasteiger partial charge in [0.2, 0.25) is 0 Å². The Kier molecular flexibility index (Phi) is 5.53. The number of rotatable bonds is 5. The predicted molar refractivity (Wildman–Crippen MR) is 81.0 cm³/mol. The second-order valence-corrected chi connectivity index (χ2v) is 6.99. The predicted octanol–water partition coefficient (Wildman–Crippen LogP) is 2.30. The van der Waals surface area contributed by atoms with Gasteiger partial charge < -0.3 is 15.0 Å². The molecule has 3 fully saturated rings. The minimum Gasteiger partial charge on any atom is -0.378 e. The minimum atomic E-state index is 0. The molecule has 2 saturated heterocycles. The van der Waals surface area contributed by atoms with Crippen LogP contribution in [0.1, 0.15) is 39.0 Å². The summed E-state index contributed by atoms with van der Waals surface area (Å²) in [5, 5.41) is 3.50. The number of ether oxygens (including phenoxy) is 1. The molecule has 2 heterocycles. The van der Waals surface area contributed by atoms with Crippen molar-refractivity contribution in [1.82, 2.24) is 10.2 Å². The summed E-state index contributed by atoms with van der Waals surface area (Å²) in [4.78, 5) is 2.66. The standard InChI is InChI=1S/C15H28N2O.ClH/c1-15(6-7-16-11-15)12-17-8-4-14(5-9-17)18-10-13-2-3-13;/h13-14,16H,2-12H2,1H3;1H. The van der Waals surface area contributed by atoms with Crippen molar-refractivity contribution in [2.45, 2.75) is 45.1 Å². The lowest BCUT2D eigenvalue weighted by molar-refractivity contribution is -0.00394. The van der Waals surface area contributed by atoms with Gasteiger partial charge in [-0.2, -0.15) is 0 Å². The molecule has 1 aliphatic carbocycles. The molecule has 1 atom stereocenters. The smallest absolute Gasteiger partial charge is 0.0599 e. The molecule has 3 nitrogen and oxygen atoms in total. The second-order valence-electron chi connectivity index (χ2n) is 6.99. The lowest BCUT2D eigenvalue weighted by Gasteiger charge is -2.37. The van der Waals surface area contributed by atoms with Crippen LogP contribution in [0.4, 0.5) is 0 Å². The van der Waals surface area contributed by atoms with E-state index in [-0.39, 0.29) is 12.4 Å². The first-order valence-electron chi connectivity index (χ1n) is 7.78. The third-order valence-corrected chi connectivity index (χ3v) is 4.86. The number of hydrogen-bond acceptors (Lipinski definition) is 3. The Balaban J connectivity index is 0.00000133. The molecular weight excluding hydrogens is 260 g/mol. The Labute approximate surface area is 123 Å². The molecule has 1 N–H and O–H groups in total. The molecule has 112 valence electrons. The van der Waals surface area contributed by atoms with E-state index >= 15 is 0 Å². The molecule has 1 unspecified atom stereocenters. The zero-order valence-electron chi connectivity index (χ0n) is 12.2. The van der Waals surface area contributed by atoms with Gasteiger partial charge in [0.25, 0.3) is 0 Å². The average Bonchev–Trinajstić information content (AvgIpc) is 3.11. The molecule has 0 aromatic heterocycles. The fraction of sp³-hybridized carbons (Fsp3) is 1.00. The summed E-state index contributed by atoms with van der Waals surface area (Å²) in [5.74, 6) is 0.909. The van der Waals surface area contributed by atoms with Crippen molar-refractivity contribution < 1.29 is 4.74 Å². The highest BCUT2D eigenvalue weighted by Crippen LogP contribution is 2.31. The van der Waals surface area contributed by atoms with Crippen molar-refractivity contribution in [2.24, 2.45) is 11.3 Å². The molecule has 19 heavy (non-hydrogen) atoms. The Morgan fingerprint density at radius 1 is 1.21 bits per heavy atom. The first-order chi connectivity index (χ1) is 8.73. The van der Waals surface area contributed by atoms with Crippen LogP contribution in [0.2, 0.25) is 0 Å². The van der Waals surface area contributed by atoms with Crippen molar-refractivity contribution in [3.05, 3.63) is 0 Å². The van der Waals surface area contributed by atoms with Gasteiger partial charge >= 0.3 is 0 Å². The van der Waals surface area contributed by atoms with Gasteiger partial charge in [0.05, 0.1) is 6.10 Å². The summed E-state index contributed by atoms with van der Waals surface area (Å²) in [6.45, 7) is 9.63. The summed E-state index contributed by atoms with van der Waals surface area (Å²) in [6.07, 6.45) is 7.20. The van der Waals surface area contributed by atoms with E-state index in [1.54, 1.807) is 0 Å². The van der Waals surface area contributed by atoms with Crippen LogP contribution in [0, 0.1) is 11.3 Å². The summed E-state index contributed by atoms with van der Waals surface area (Å²) in [6, 6.07) is 0. The van der Waals surface area contributed by atoms with E-state index in [2.05, 4.69) is 17.1 Å². The molecule has 0 amide bonds. The van der Waals surface area contributed by atoms with Gasteiger partial charge in [-0.1, -0.05) is 6.92 Å². The van der Waals surface area contributed by atoms with Gasteiger partial charge in [-0.05, 0) is 50.0 Å². The highest BCUT2D eigenvalue weighted by atomic mass is 35.5. The highest BCUT2D eigenvalue weighted by molar-refractivity contribution is 5.85. The molecule has 3 aliphatic rings. The lowest BCUT2D eigenvalue weighted by atomic mass is 9.88. The molecule has 2 aliphatic heterocycles. The first-order valence-corrected chi connectivity index (χ1v) is 7.78. The van der Waals surface area contributed by atoms with E-state index in [0.717, 1.165) is 12.5 Å². The van der Waals surface area contributed by atoms with Gasteiger partial charge in [0.1, 0.15) is 0 Å². The second kappa shape index (κ2) is 6.75. The molecule has 4 heteroatoms. The maximum Gasteiger partial charge on any atom is 0.0599 e. The quantitative estimate of drug-likeness (QED) is 0.840. The van der Waals surface area contributed by atoms with Gasteiger partial charge in [0, 0.05) is 32.8 Å². The van der Waals surface area contributed by atoms with Crippen molar-refractivity contribution in [3.8, 4) is 0 Å². The number of hydrogen-bond donors (Lipinski definition) is 1. The third kappa shape index (κ3) is 4.59. The fourth-order valence-corrected chi connectivity index (χ4v) is 3.33. The van der Waals surface area contributed by atoms with Gasteiger partial charge in [-0.25, -0.2) is 0 Å². The van der Waals surface area contributed by atoms with Crippen molar-refractivity contribution in [3.63, 3.8) is 0 Å². The molecule has 0 aromatic carbocycles. The van der Waals surface area contributed by atoms with Gasteiger partial charge in [0.15, 0.2) is 0 Å². The number of nitrogens with zero attached hydrogens (tertiary/aromatic N) is 1. The Morgan fingerprint density at radius 2 is 1.95 bits per heavy atom. The normalized spacial score (nSPS) is 33.3. The Morgan fingerprint density at radius 3 is 2.53 bits per heavy atom. The van der Waals surface area contributed by atoms with Crippen molar-refractivity contribution in [1.29, 1.82) is 0 Å². The minimum absolute atomic E-state index is 0. The van der Waals surface area contributed by atoms with E-state index in [4.69, 9.17) is 4.74 Å². The van der Waals surface area contributed by atoms with Crippen LogP contribution in [0.15, 0.2) is 0 Å². The summed E-state index contributed by atoms with van der Waals surface area (Å²) in [5.41, 5.74) is 0.516. The van der Waals surface area contributed by atoms with E-state index in [1.165, 1.54) is 64.8 Å². The number of likely N-dealkylation sites (tertiary alicyclic amines) is 1. The molecular formula is C15H29ClN2O. The van der Waals surface area contributed by atoms with Gasteiger partial charge in [-0.3, -0.25) is 0 Å². The van der Waals surface area contributed by atoms with Crippen LogP contribution < -0.4 is 5.32 Å². The van der Waals surface area contributed by atoms with E-state index in [9.17, 15) is 0 Å².